The van der Waals surface area contributed by atoms with Crippen LogP contribution in [0.25, 0.3) is 0 Å². The normalized spacial score (nSPS) is 10.8. The highest BCUT2D eigenvalue weighted by atomic mass is 16.3. The quantitative estimate of drug-likeness (QED) is 0.138. The highest BCUT2D eigenvalue weighted by Gasteiger charge is 2.23. The molecule has 0 radical (unpaired) electrons. The second-order valence-electron chi connectivity index (χ2n) is 3.37. The van der Waals surface area contributed by atoms with Gasteiger partial charge in [0.2, 0.25) is 0 Å². The molecule has 0 aliphatic rings. The summed E-state index contributed by atoms with van der Waals surface area (Å²) in [6, 6.07) is 0. The fraction of sp³-hybridized carbons (Fsp3) is 0.500. The minimum atomic E-state index is -0.914. The van der Waals surface area contributed by atoms with E-state index < -0.39 is 16.6 Å². The smallest absolute Gasteiger partial charge is 0.271 e. The first-order chi connectivity index (χ1) is 9.02. The van der Waals surface area contributed by atoms with Crippen LogP contribution in [0.1, 0.15) is 26.7 Å². The summed E-state index contributed by atoms with van der Waals surface area (Å²) in [4.78, 5) is 21.8. The molecule has 0 saturated carbocycles. The number of hydrazine groups is 2. The van der Waals surface area contributed by atoms with Gasteiger partial charge < -0.3 is 21.4 Å². The number of amidine groups is 1. The molecule has 0 heterocycles. The molecule has 0 amide bonds. The van der Waals surface area contributed by atoms with Crippen molar-refractivity contribution >= 4 is 11.5 Å². The summed E-state index contributed by atoms with van der Waals surface area (Å²) >= 11 is 0. The molecule has 0 aliphatic heterocycles. The van der Waals surface area contributed by atoms with Gasteiger partial charge in [-0.1, -0.05) is 13.8 Å². The van der Waals surface area contributed by atoms with Crippen LogP contribution in [0.5, 0.6) is 5.75 Å². The first kappa shape index (κ1) is 16.9. The lowest BCUT2D eigenvalue weighted by atomic mass is 10.2. The van der Waals surface area contributed by atoms with Crippen molar-refractivity contribution in [2.45, 2.75) is 26.7 Å². The van der Waals surface area contributed by atoms with Gasteiger partial charge in [0, 0.05) is 13.0 Å². The van der Waals surface area contributed by atoms with E-state index >= 15 is 0 Å². The van der Waals surface area contributed by atoms with Crippen molar-refractivity contribution in [3.8, 4) is 5.75 Å². The average Bonchev–Trinajstić information content (AvgIpc) is 2.45. The average molecular weight is 272 g/mol. The summed E-state index contributed by atoms with van der Waals surface area (Å²) in [5, 5.41) is 13.5. The van der Waals surface area contributed by atoms with Gasteiger partial charge in [0.15, 0.2) is 11.4 Å². The fourth-order valence-corrected chi connectivity index (χ4v) is 1.34. The lowest BCUT2D eigenvalue weighted by Crippen LogP contribution is -2.44. The first-order valence-electron chi connectivity index (χ1n) is 5.80. The highest BCUT2D eigenvalue weighted by Crippen LogP contribution is 2.17. The molecule has 9 nitrogen and oxygen atoms in total. The standard InChI is InChI=1S/C8H14N6O3.C2H6/c9-12-4(13-10)2-1-3-14(11)5-6(15)8(17)7(5)16;1-2/h15H,1-3,9-11H2,(H,12,13);1-2H3. The molecule has 19 heavy (non-hydrogen) atoms. The summed E-state index contributed by atoms with van der Waals surface area (Å²) in [7, 11) is 0. The molecule has 0 atom stereocenters. The summed E-state index contributed by atoms with van der Waals surface area (Å²) in [5.74, 6) is 15.4. The summed E-state index contributed by atoms with van der Waals surface area (Å²) in [6.45, 7) is 4.25. The molecule has 0 unspecified atom stereocenters. The van der Waals surface area contributed by atoms with Crippen molar-refractivity contribution in [3.63, 3.8) is 0 Å². The van der Waals surface area contributed by atoms with Crippen LogP contribution < -0.4 is 38.8 Å². The van der Waals surface area contributed by atoms with Crippen LogP contribution in [0.4, 0.5) is 5.69 Å². The molecule has 0 saturated heterocycles. The van der Waals surface area contributed by atoms with Crippen LogP contribution in [0.15, 0.2) is 14.7 Å². The number of aromatic hydroxyl groups is 1. The number of rotatable bonds is 5. The topological polar surface area (TPSA) is 160 Å². The van der Waals surface area contributed by atoms with Crippen LogP contribution in [-0.2, 0) is 0 Å². The second kappa shape index (κ2) is 8.06. The molecule has 0 aliphatic carbocycles. The van der Waals surface area contributed by atoms with E-state index in [1.54, 1.807) is 0 Å². The molecule has 0 aromatic heterocycles. The number of nitrogens with zero attached hydrogens (tertiary/aromatic N) is 2. The number of hydrazone groups is 1. The van der Waals surface area contributed by atoms with Crippen LogP contribution in [0.2, 0.25) is 0 Å². The Morgan fingerprint density at radius 3 is 2.37 bits per heavy atom. The molecule has 0 spiro atoms. The van der Waals surface area contributed by atoms with E-state index in [9.17, 15) is 9.59 Å². The zero-order valence-electron chi connectivity index (χ0n) is 11.0. The molecule has 0 fully saturated rings. The van der Waals surface area contributed by atoms with Crippen molar-refractivity contribution in [2.75, 3.05) is 11.6 Å². The number of hydrogen-bond donors (Lipinski definition) is 5. The van der Waals surface area contributed by atoms with Gasteiger partial charge in [-0.25, -0.2) is 11.7 Å². The van der Waals surface area contributed by atoms with Crippen molar-refractivity contribution < 1.29 is 5.11 Å². The van der Waals surface area contributed by atoms with E-state index in [4.69, 9.17) is 22.6 Å². The van der Waals surface area contributed by atoms with Gasteiger partial charge in [0.05, 0.1) is 0 Å². The SMILES string of the molecule is CC.N/N=C(/CCCN(N)c1c(O)c(=O)c1=O)NN. The molecular weight excluding hydrogens is 252 g/mol. The summed E-state index contributed by atoms with van der Waals surface area (Å²) in [5.41, 5.74) is 0.429. The third-order valence-electron chi connectivity index (χ3n) is 2.28. The Labute approximate surface area is 110 Å². The first-order valence-corrected chi connectivity index (χ1v) is 5.80. The van der Waals surface area contributed by atoms with E-state index in [1.165, 1.54) is 0 Å². The molecule has 1 aromatic carbocycles. The van der Waals surface area contributed by atoms with E-state index in [2.05, 4.69) is 10.5 Å². The van der Waals surface area contributed by atoms with Crippen LogP contribution in [0.3, 0.4) is 0 Å². The minimum Gasteiger partial charge on any atom is -0.502 e. The van der Waals surface area contributed by atoms with Crippen molar-refractivity contribution in [1.29, 1.82) is 0 Å². The Bertz CT molecular complexity index is 491. The van der Waals surface area contributed by atoms with Gasteiger partial charge in [-0.15, -0.1) is 0 Å². The predicted molar refractivity (Wildman–Crippen MR) is 74.1 cm³/mol. The minimum absolute atomic E-state index is 0.165. The highest BCUT2D eigenvalue weighted by molar-refractivity contribution is 5.81. The molecule has 0 bridgehead atoms. The van der Waals surface area contributed by atoms with Crippen LogP contribution in [0, 0.1) is 0 Å². The Balaban J connectivity index is 0.00000154. The third-order valence-corrected chi connectivity index (χ3v) is 2.28. The van der Waals surface area contributed by atoms with E-state index in [0.29, 0.717) is 18.7 Å². The molecule has 1 rings (SSSR count). The Kier molecular flexibility index (Phi) is 7.15. The summed E-state index contributed by atoms with van der Waals surface area (Å²) < 4.78 is 0. The van der Waals surface area contributed by atoms with Crippen molar-refractivity contribution in [2.24, 2.45) is 22.6 Å². The summed E-state index contributed by atoms with van der Waals surface area (Å²) in [6.07, 6.45) is 0.922. The fourth-order valence-electron chi connectivity index (χ4n) is 1.34. The maximum Gasteiger partial charge on any atom is 0.271 e. The predicted octanol–water partition coefficient (Wildman–Crippen LogP) is -1.79. The number of nitrogens with one attached hydrogen (secondary N) is 1. The van der Waals surface area contributed by atoms with Gasteiger partial charge in [-0.3, -0.25) is 9.59 Å². The van der Waals surface area contributed by atoms with Crippen molar-refractivity contribution in [3.05, 3.63) is 20.4 Å². The molecular formula is C10H20N6O3. The van der Waals surface area contributed by atoms with E-state index in [1.807, 2.05) is 13.8 Å². The molecule has 108 valence electrons. The van der Waals surface area contributed by atoms with Crippen LogP contribution >= 0.6 is 0 Å². The molecule has 8 N–H and O–H groups in total. The number of hydrogen-bond acceptors (Lipinski definition) is 8. The number of nitrogens with two attached hydrogens (primary N) is 3. The van der Waals surface area contributed by atoms with Crippen molar-refractivity contribution in [1.82, 2.24) is 5.43 Å². The van der Waals surface area contributed by atoms with Gasteiger partial charge in [-0.2, -0.15) is 5.10 Å². The molecule has 9 heteroatoms. The Morgan fingerprint density at radius 2 is 1.95 bits per heavy atom. The van der Waals surface area contributed by atoms with E-state index in [-0.39, 0.29) is 12.2 Å². The lowest BCUT2D eigenvalue weighted by molar-refractivity contribution is 0.461. The van der Waals surface area contributed by atoms with Gasteiger partial charge >= 0.3 is 0 Å². The maximum atomic E-state index is 11.1. The third kappa shape index (κ3) is 3.93. The Hall–Kier alpha value is -2.13. The van der Waals surface area contributed by atoms with Gasteiger partial charge in [-0.05, 0) is 6.42 Å². The Morgan fingerprint density at radius 1 is 1.37 bits per heavy atom. The lowest BCUT2D eigenvalue weighted by Gasteiger charge is -2.19. The zero-order valence-corrected chi connectivity index (χ0v) is 11.0. The monoisotopic (exact) mass is 272 g/mol. The second-order valence-corrected chi connectivity index (χ2v) is 3.37. The van der Waals surface area contributed by atoms with Gasteiger partial charge in [0.25, 0.3) is 10.9 Å². The van der Waals surface area contributed by atoms with E-state index in [0.717, 1.165) is 5.01 Å². The largest absolute Gasteiger partial charge is 0.502 e. The van der Waals surface area contributed by atoms with Gasteiger partial charge in [0.1, 0.15) is 5.84 Å². The number of anilines is 1. The maximum absolute atomic E-state index is 11.1. The molecule has 1 aromatic rings. The zero-order chi connectivity index (χ0) is 15.0. The van der Waals surface area contributed by atoms with Crippen LogP contribution in [-0.4, -0.2) is 17.5 Å².